The van der Waals surface area contributed by atoms with Gasteiger partial charge in [-0.1, -0.05) is 96.9 Å². The molecule has 0 fully saturated rings. The summed E-state index contributed by atoms with van der Waals surface area (Å²) in [5, 5.41) is 3.75. The van der Waals surface area contributed by atoms with Gasteiger partial charge >= 0.3 is 0 Å². The van der Waals surface area contributed by atoms with E-state index in [9.17, 15) is 18.0 Å². The van der Waals surface area contributed by atoms with Crippen LogP contribution in [-0.2, 0) is 39.2 Å². The lowest BCUT2D eigenvalue weighted by Crippen LogP contribution is -2.54. The van der Waals surface area contributed by atoms with E-state index >= 15 is 0 Å². The van der Waals surface area contributed by atoms with E-state index in [1.54, 1.807) is 42.5 Å². The fourth-order valence-corrected chi connectivity index (χ4v) is 6.21. The molecule has 0 spiro atoms. The van der Waals surface area contributed by atoms with Gasteiger partial charge in [-0.2, -0.15) is 0 Å². The number of halogens is 2. The molecule has 2 atom stereocenters. The molecular formula is C36H39Cl2N3O5S. The van der Waals surface area contributed by atoms with E-state index in [1.165, 1.54) is 4.90 Å². The number of nitrogens with zero attached hydrogens (tertiary/aromatic N) is 2. The fraction of sp³-hybridized carbons (Fsp3) is 0.278. The van der Waals surface area contributed by atoms with Crippen LogP contribution in [0.1, 0.15) is 37.0 Å². The Morgan fingerprint density at radius 3 is 2.06 bits per heavy atom. The van der Waals surface area contributed by atoms with Crippen molar-refractivity contribution < 1.29 is 22.7 Å². The number of anilines is 1. The Hall–Kier alpha value is -4.05. The lowest BCUT2D eigenvalue weighted by Gasteiger charge is -2.34. The highest BCUT2D eigenvalue weighted by Gasteiger charge is 2.33. The van der Waals surface area contributed by atoms with Crippen molar-refractivity contribution >= 4 is 50.7 Å². The van der Waals surface area contributed by atoms with Crippen molar-refractivity contribution in [3.8, 4) is 5.75 Å². The van der Waals surface area contributed by atoms with Gasteiger partial charge in [0.15, 0.2) is 0 Å². The normalized spacial score (nSPS) is 12.5. The maximum atomic E-state index is 14.3. The molecule has 0 aliphatic carbocycles. The van der Waals surface area contributed by atoms with Gasteiger partial charge in [0.1, 0.15) is 24.9 Å². The summed E-state index contributed by atoms with van der Waals surface area (Å²) >= 11 is 12.7. The molecule has 248 valence electrons. The number of hydrogen-bond acceptors (Lipinski definition) is 5. The van der Waals surface area contributed by atoms with Gasteiger partial charge in [0, 0.05) is 29.1 Å². The van der Waals surface area contributed by atoms with Crippen LogP contribution in [0.5, 0.6) is 5.75 Å². The zero-order chi connectivity index (χ0) is 34.0. The van der Waals surface area contributed by atoms with Gasteiger partial charge < -0.3 is 15.0 Å². The minimum Gasteiger partial charge on any atom is -0.489 e. The predicted molar refractivity (Wildman–Crippen MR) is 188 cm³/mol. The molecule has 0 saturated carbocycles. The topological polar surface area (TPSA) is 96.0 Å². The molecule has 4 aromatic carbocycles. The Bertz CT molecular complexity index is 1740. The zero-order valence-electron chi connectivity index (χ0n) is 26.6. The summed E-state index contributed by atoms with van der Waals surface area (Å²) in [5.74, 6) is -0.389. The summed E-state index contributed by atoms with van der Waals surface area (Å²) < 4.78 is 33.1. The second-order valence-corrected chi connectivity index (χ2v) is 14.1. The summed E-state index contributed by atoms with van der Waals surface area (Å²) in [4.78, 5) is 29.6. The van der Waals surface area contributed by atoms with Gasteiger partial charge in [0.25, 0.3) is 0 Å². The predicted octanol–water partition coefficient (Wildman–Crippen LogP) is 6.89. The number of ether oxygens (including phenoxy) is 1. The number of benzene rings is 4. The summed E-state index contributed by atoms with van der Waals surface area (Å²) in [6, 6.07) is 29.3. The first-order valence-electron chi connectivity index (χ1n) is 15.3. The van der Waals surface area contributed by atoms with Crippen molar-refractivity contribution in [1.29, 1.82) is 0 Å². The third kappa shape index (κ3) is 10.5. The Kier molecular flexibility index (Phi) is 12.7. The van der Waals surface area contributed by atoms with Crippen molar-refractivity contribution in [2.75, 3.05) is 17.1 Å². The van der Waals surface area contributed by atoms with Gasteiger partial charge in [-0.15, -0.1) is 0 Å². The summed E-state index contributed by atoms with van der Waals surface area (Å²) in [6.45, 7) is 3.59. The second-order valence-electron chi connectivity index (χ2n) is 11.3. The monoisotopic (exact) mass is 695 g/mol. The standard InChI is InChI=1S/C36H39Cl2N3O5S/c1-4-26(2)39-36(43)34(21-27-11-7-5-8-12-27)40(23-29-15-16-30(37)22-33(29)38)35(42)24-41(47(3,44)45)31-17-19-32(20-18-31)46-25-28-13-9-6-10-14-28/h5-20,22,26,34H,4,21,23-25H2,1-3H3,(H,39,43)/t26-,34-/m1/s1. The van der Waals surface area contributed by atoms with Gasteiger partial charge in [-0.3, -0.25) is 13.9 Å². The first-order valence-corrected chi connectivity index (χ1v) is 17.9. The maximum absolute atomic E-state index is 14.3. The number of nitrogens with one attached hydrogen (secondary N) is 1. The molecule has 8 nitrogen and oxygen atoms in total. The van der Waals surface area contributed by atoms with Gasteiger partial charge in [0.2, 0.25) is 21.8 Å². The van der Waals surface area contributed by atoms with E-state index in [1.807, 2.05) is 74.5 Å². The number of sulfonamides is 1. The molecular weight excluding hydrogens is 657 g/mol. The Morgan fingerprint density at radius 1 is 0.872 bits per heavy atom. The summed E-state index contributed by atoms with van der Waals surface area (Å²) in [5.41, 5.74) is 2.66. The first-order chi connectivity index (χ1) is 22.4. The number of rotatable bonds is 15. The summed E-state index contributed by atoms with van der Waals surface area (Å²) in [7, 11) is -3.93. The average Bonchev–Trinajstić information content (AvgIpc) is 3.05. The van der Waals surface area contributed by atoms with Crippen LogP contribution in [0.4, 0.5) is 5.69 Å². The van der Waals surface area contributed by atoms with Crippen molar-refractivity contribution in [3.63, 3.8) is 0 Å². The highest BCUT2D eigenvalue weighted by molar-refractivity contribution is 7.92. The third-order valence-electron chi connectivity index (χ3n) is 7.68. The largest absolute Gasteiger partial charge is 0.489 e. The fourth-order valence-electron chi connectivity index (χ4n) is 4.89. The molecule has 0 radical (unpaired) electrons. The highest BCUT2D eigenvalue weighted by Crippen LogP contribution is 2.26. The molecule has 1 N–H and O–H groups in total. The van der Waals surface area contributed by atoms with Crippen LogP contribution in [0.15, 0.2) is 103 Å². The molecule has 0 aromatic heterocycles. The number of amides is 2. The summed E-state index contributed by atoms with van der Waals surface area (Å²) in [6.07, 6.45) is 1.93. The molecule has 0 heterocycles. The highest BCUT2D eigenvalue weighted by atomic mass is 35.5. The van der Waals surface area contributed by atoms with Crippen molar-refractivity contribution in [2.45, 2.75) is 51.9 Å². The average molecular weight is 697 g/mol. The Labute approximate surface area is 287 Å². The molecule has 0 bridgehead atoms. The minimum absolute atomic E-state index is 0.0515. The molecule has 0 aliphatic heterocycles. The lowest BCUT2D eigenvalue weighted by molar-refractivity contribution is -0.140. The van der Waals surface area contributed by atoms with Crippen LogP contribution in [0.25, 0.3) is 0 Å². The number of hydrogen-bond donors (Lipinski definition) is 1. The van der Waals surface area contributed by atoms with E-state index in [-0.39, 0.29) is 30.6 Å². The van der Waals surface area contributed by atoms with E-state index in [2.05, 4.69) is 5.32 Å². The quantitative estimate of drug-likeness (QED) is 0.146. The second kappa shape index (κ2) is 16.7. The van der Waals surface area contributed by atoms with E-state index in [0.717, 1.165) is 21.7 Å². The van der Waals surface area contributed by atoms with Crippen LogP contribution in [0, 0.1) is 0 Å². The Balaban J connectivity index is 1.67. The smallest absolute Gasteiger partial charge is 0.244 e. The molecule has 47 heavy (non-hydrogen) atoms. The van der Waals surface area contributed by atoms with Crippen LogP contribution >= 0.6 is 23.2 Å². The van der Waals surface area contributed by atoms with E-state index in [4.69, 9.17) is 27.9 Å². The number of carbonyl (C=O) groups excluding carboxylic acids is 2. The zero-order valence-corrected chi connectivity index (χ0v) is 28.9. The first kappa shape index (κ1) is 35.8. The molecule has 4 rings (SSSR count). The number of carbonyl (C=O) groups is 2. The third-order valence-corrected chi connectivity index (χ3v) is 9.41. The van der Waals surface area contributed by atoms with Crippen molar-refractivity contribution in [2.24, 2.45) is 0 Å². The van der Waals surface area contributed by atoms with Crippen LogP contribution in [-0.4, -0.2) is 50.0 Å². The molecule has 0 saturated heterocycles. The SMILES string of the molecule is CC[C@@H](C)NC(=O)[C@@H](Cc1ccccc1)N(Cc1ccc(Cl)cc1Cl)C(=O)CN(c1ccc(OCc2ccccc2)cc1)S(C)(=O)=O. The molecule has 0 aliphatic rings. The maximum Gasteiger partial charge on any atom is 0.244 e. The minimum atomic E-state index is -3.93. The van der Waals surface area contributed by atoms with Crippen molar-refractivity contribution in [1.82, 2.24) is 10.2 Å². The van der Waals surface area contributed by atoms with Gasteiger partial charge in [-0.25, -0.2) is 8.42 Å². The van der Waals surface area contributed by atoms with Crippen LogP contribution < -0.4 is 14.4 Å². The van der Waals surface area contributed by atoms with Crippen molar-refractivity contribution in [3.05, 3.63) is 130 Å². The molecule has 2 amide bonds. The molecule has 4 aromatic rings. The van der Waals surface area contributed by atoms with Crippen LogP contribution in [0.2, 0.25) is 10.0 Å². The molecule has 0 unspecified atom stereocenters. The lowest BCUT2D eigenvalue weighted by atomic mass is 10.0. The van der Waals surface area contributed by atoms with Crippen LogP contribution in [0.3, 0.4) is 0 Å². The van der Waals surface area contributed by atoms with Gasteiger partial charge in [-0.05, 0) is 66.4 Å². The molecule has 11 heteroatoms. The van der Waals surface area contributed by atoms with Gasteiger partial charge in [0.05, 0.1) is 11.9 Å². The Morgan fingerprint density at radius 2 is 1.49 bits per heavy atom. The van der Waals surface area contributed by atoms with E-state index < -0.39 is 28.5 Å². The van der Waals surface area contributed by atoms with E-state index in [0.29, 0.717) is 34.4 Å².